The topological polar surface area (TPSA) is 76.2 Å². The second-order valence-corrected chi connectivity index (χ2v) is 7.01. The highest BCUT2D eigenvalue weighted by Gasteiger charge is 2.26. The fourth-order valence-corrected chi connectivity index (χ4v) is 3.63. The molecular weight excluding hydrogens is 479 g/mol. The minimum Gasteiger partial charge on any atom is -0.357 e. The molecule has 1 unspecified atom stereocenters. The molecule has 1 aliphatic rings. The summed E-state index contributed by atoms with van der Waals surface area (Å²) in [5.41, 5.74) is 2.37. The predicted molar refractivity (Wildman–Crippen MR) is 124 cm³/mol. The van der Waals surface area contributed by atoms with Gasteiger partial charge in [-0.25, -0.2) is 15.0 Å². The summed E-state index contributed by atoms with van der Waals surface area (Å²) in [6, 6.07) is 4.02. The predicted octanol–water partition coefficient (Wildman–Crippen LogP) is 2.57. The van der Waals surface area contributed by atoms with Crippen molar-refractivity contribution >= 4 is 29.9 Å². The van der Waals surface area contributed by atoms with Gasteiger partial charge >= 0.3 is 0 Å². The van der Waals surface area contributed by atoms with Crippen LogP contribution in [0, 0.1) is 0 Å². The molecule has 1 N–H and O–H groups in total. The second-order valence-electron chi connectivity index (χ2n) is 7.01. The van der Waals surface area contributed by atoms with Crippen LogP contribution in [0.1, 0.15) is 30.4 Å². The standard InChI is InChI=1S/C20H26N8.HI/c1-3-22-20(27-9-6-17(14-27)18-12-25-26(2)13-18)24-11-16-5-4-7-23-19(16)28-10-8-21-15-28;/h4-5,7-8,10,12-13,15,17H,3,6,9,11,14H2,1-2H3,(H,22,24);1H. The SMILES string of the molecule is CCNC(=NCc1cccnc1-n1ccnc1)N1CCC(c2cnn(C)c2)C1.I. The van der Waals surface area contributed by atoms with Crippen LogP contribution in [-0.4, -0.2) is 54.8 Å². The molecule has 9 heteroatoms. The van der Waals surface area contributed by atoms with Gasteiger partial charge in [0.25, 0.3) is 0 Å². The average Bonchev–Trinajstić information content (AvgIpc) is 3.46. The molecule has 0 amide bonds. The molecule has 0 radical (unpaired) electrons. The van der Waals surface area contributed by atoms with E-state index in [9.17, 15) is 0 Å². The zero-order valence-corrected chi connectivity index (χ0v) is 19.1. The van der Waals surface area contributed by atoms with Crippen molar-refractivity contribution in [3.8, 4) is 5.82 Å². The molecule has 1 atom stereocenters. The van der Waals surface area contributed by atoms with Gasteiger partial charge in [0, 0.05) is 63.0 Å². The van der Waals surface area contributed by atoms with E-state index < -0.39 is 0 Å². The molecule has 0 aromatic carbocycles. The Morgan fingerprint density at radius 1 is 1.34 bits per heavy atom. The van der Waals surface area contributed by atoms with Crippen molar-refractivity contribution in [1.29, 1.82) is 0 Å². The van der Waals surface area contributed by atoms with Gasteiger partial charge < -0.3 is 10.2 Å². The zero-order valence-electron chi connectivity index (χ0n) is 16.8. The molecule has 1 saturated heterocycles. The van der Waals surface area contributed by atoms with Crippen molar-refractivity contribution in [2.75, 3.05) is 19.6 Å². The van der Waals surface area contributed by atoms with Crippen molar-refractivity contribution in [3.05, 3.63) is 60.6 Å². The Kier molecular flexibility index (Phi) is 7.24. The number of hydrogen-bond acceptors (Lipinski definition) is 4. The number of likely N-dealkylation sites (tertiary alicyclic amines) is 1. The third kappa shape index (κ3) is 4.95. The maximum Gasteiger partial charge on any atom is 0.194 e. The minimum atomic E-state index is 0. The van der Waals surface area contributed by atoms with Crippen molar-refractivity contribution in [1.82, 2.24) is 34.5 Å². The Morgan fingerprint density at radius 2 is 2.24 bits per heavy atom. The highest BCUT2D eigenvalue weighted by Crippen LogP contribution is 2.26. The van der Waals surface area contributed by atoms with E-state index in [1.807, 2.05) is 34.8 Å². The normalized spacial score (nSPS) is 16.7. The van der Waals surface area contributed by atoms with Crippen molar-refractivity contribution in [2.45, 2.75) is 25.8 Å². The molecule has 4 rings (SSSR count). The van der Waals surface area contributed by atoms with E-state index in [1.165, 1.54) is 5.56 Å². The molecule has 3 aromatic rings. The second kappa shape index (κ2) is 9.86. The lowest BCUT2D eigenvalue weighted by Crippen LogP contribution is -2.40. The molecule has 29 heavy (non-hydrogen) atoms. The Morgan fingerprint density at radius 3 is 2.97 bits per heavy atom. The Bertz CT molecular complexity index is 934. The van der Waals surface area contributed by atoms with Gasteiger partial charge in [-0.15, -0.1) is 24.0 Å². The largest absolute Gasteiger partial charge is 0.357 e. The molecule has 0 saturated carbocycles. The first-order valence-electron chi connectivity index (χ1n) is 9.68. The number of nitrogens with one attached hydrogen (secondary N) is 1. The lowest BCUT2D eigenvalue weighted by atomic mass is 10.0. The summed E-state index contributed by atoms with van der Waals surface area (Å²) in [5, 5.41) is 7.76. The van der Waals surface area contributed by atoms with Crippen LogP contribution >= 0.6 is 24.0 Å². The number of aliphatic imine (C=N–C) groups is 1. The smallest absolute Gasteiger partial charge is 0.194 e. The number of aromatic nitrogens is 5. The van der Waals surface area contributed by atoms with Crippen LogP contribution in [0.2, 0.25) is 0 Å². The van der Waals surface area contributed by atoms with Crippen LogP contribution in [0.15, 0.2) is 54.4 Å². The average molecular weight is 506 g/mol. The Balaban J connectivity index is 0.00000240. The quantitative estimate of drug-likeness (QED) is 0.327. The summed E-state index contributed by atoms with van der Waals surface area (Å²) in [5.74, 6) is 2.32. The van der Waals surface area contributed by atoms with E-state index in [-0.39, 0.29) is 24.0 Å². The molecular formula is C20H27IN8. The fourth-order valence-electron chi connectivity index (χ4n) is 3.63. The summed E-state index contributed by atoms with van der Waals surface area (Å²) >= 11 is 0. The fraction of sp³-hybridized carbons (Fsp3) is 0.400. The van der Waals surface area contributed by atoms with Crippen molar-refractivity contribution in [2.24, 2.45) is 12.0 Å². The number of aryl methyl sites for hydroxylation is 1. The lowest BCUT2D eigenvalue weighted by Gasteiger charge is -2.21. The zero-order chi connectivity index (χ0) is 19.3. The first-order valence-corrected chi connectivity index (χ1v) is 9.68. The molecule has 1 fully saturated rings. The monoisotopic (exact) mass is 506 g/mol. The number of guanidine groups is 1. The number of pyridine rings is 1. The summed E-state index contributed by atoms with van der Waals surface area (Å²) in [6.45, 7) is 5.46. The van der Waals surface area contributed by atoms with Gasteiger partial charge in [0.2, 0.25) is 0 Å². The number of rotatable bonds is 5. The van der Waals surface area contributed by atoms with Crippen LogP contribution in [0.25, 0.3) is 5.82 Å². The minimum absolute atomic E-state index is 0. The molecule has 3 aromatic heterocycles. The summed E-state index contributed by atoms with van der Waals surface area (Å²) in [6.07, 6.45) is 12.4. The van der Waals surface area contributed by atoms with Crippen LogP contribution < -0.4 is 5.32 Å². The van der Waals surface area contributed by atoms with E-state index in [0.29, 0.717) is 12.5 Å². The molecule has 0 bridgehead atoms. The Hall–Kier alpha value is -2.43. The number of imidazole rings is 1. The van der Waals surface area contributed by atoms with Crippen LogP contribution in [0.5, 0.6) is 0 Å². The van der Waals surface area contributed by atoms with Gasteiger partial charge in [0.05, 0.1) is 12.7 Å². The summed E-state index contributed by atoms with van der Waals surface area (Å²) in [4.78, 5) is 15.9. The van der Waals surface area contributed by atoms with Gasteiger partial charge in [-0.1, -0.05) is 6.07 Å². The third-order valence-electron chi connectivity index (χ3n) is 5.03. The third-order valence-corrected chi connectivity index (χ3v) is 5.03. The van der Waals surface area contributed by atoms with E-state index in [2.05, 4.69) is 44.5 Å². The molecule has 0 spiro atoms. The van der Waals surface area contributed by atoms with Gasteiger partial charge in [0.15, 0.2) is 5.96 Å². The number of nitrogens with zero attached hydrogens (tertiary/aromatic N) is 7. The molecule has 1 aliphatic heterocycles. The summed E-state index contributed by atoms with van der Waals surface area (Å²) in [7, 11) is 1.97. The van der Waals surface area contributed by atoms with Crippen LogP contribution in [-0.2, 0) is 13.6 Å². The van der Waals surface area contributed by atoms with Gasteiger partial charge in [-0.05, 0) is 25.0 Å². The van der Waals surface area contributed by atoms with E-state index in [1.54, 1.807) is 18.7 Å². The van der Waals surface area contributed by atoms with Crippen LogP contribution in [0.4, 0.5) is 0 Å². The molecule has 8 nitrogen and oxygen atoms in total. The van der Waals surface area contributed by atoms with Gasteiger partial charge in [-0.2, -0.15) is 5.10 Å². The lowest BCUT2D eigenvalue weighted by molar-refractivity contribution is 0.486. The molecule has 4 heterocycles. The number of halogens is 1. The van der Waals surface area contributed by atoms with Crippen molar-refractivity contribution < 1.29 is 0 Å². The highest BCUT2D eigenvalue weighted by atomic mass is 127. The van der Waals surface area contributed by atoms with Gasteiger partial charge in [0.1, 0.15) is 12.1 Å². The summed E-state index contributed by atoms with van der Waals surface area (Å²) < 4.78 is 3.80. The molecule has 0 aliphatic carbocycles. The maximum atomic E-state index is 4.91. The van der Waals surface area contributed by atoms with E-state index in [4.69, 9.17) is 4.99 Å². The Labute approximate surface area is 188 Å². The maximum absolute atomic E-state index is 4.91. The number of hydrogen-bond donors (Lipinski definition) is 1. The highest BCUT2D eigenvalue weighted by molar-refractivity contribution is 14.0. The first-order chi connectivity index (χ1) is 13.7. The van der Waals surface area contributed by atoms with E-state index in [0.717, 1.165) is 43.4 Å². The first kappa shape index (κ1) is 21.3. The molecule has 154 valence electrons. The van der Waals surface area contributed by atoms with Crippen LogP contribution in [0.3, 0.4) is 0 Å². The van der Waals surface area contributed by atoms with Crippen molar-refractivity contribution in [3.63, 3.8) is 0 Å². The van der Waals surface area contributed by atoms with Gasteiger partial charge in [-0.3, -0.25) is 9.25 Å². The van der Waals surface area contributed by atoms with E-state index >= 15 is 0 Å².